The Labute approximate surface area is 129 Å². The van der Waals surface area contributed by atoms with Gasteiger partial charge in [0.2, 0.25) is 0 Å². The maximum atomic E-state index is 3.69. The minimum absolute atomic E-state index is 0.610. The minimum Gasteiger partial charge on any atom is -0.313 e. The zero-order valence-electron chi connectivity index (χ0n) is 13.6. The molecule has 21 heavy (non-hydrogen) atoms. The van der Waals surface area contributed by atoms with Crippen molar-refractivity contribution in [2.24, 2.45) is 0 Å². The topological polar surface area (TPSA) is 15.3 Å². The van der Waals surface area contributed by atoms with E-state index < -0.39 is 0 Å². The van der Waals surface area contributed by atoms with E-state index >= 15 is 0 Å². The van der Waals surface area contributed by atoms with E-state index in [0.717, 1.165) is 12.5 Å². The first-order valence-corrected chi connectivity index (χ1v) is 8.78. The van der Waals surface area contributed by atoms with Crippen molar-refractivity contribution in [1.29, 1.82) is 0 Å². The zero-order valence-corrected chi connectivity index (χ0v) is 13.6. The molecule has 1 aromatic rings. The molecule has 2 heteroatoms. The van der Waals surface area contributed by atoms with Crippen molar-refractivity contribution in [2.75, 3.05) is 13.1 Å². The average molecular weight is 286 g/mol. The largest absolute Gasteiger partial charge is 0.313 e. The van der Waals surface area contributed by atoms with Crippen molar-refractivity contribution in [3.63, 3.8) is 0 Å². The molecule has 3 rings (SSSR count). The molecule has 0 aromatic heterocycles. The predicted molar refractivity (Wildman–Crippen MR) is 89.6 cm³/mol. The second-order valence-corrected chi connectivity index (χ2v) is 7.19. The van der Waals surface area contributed by atoms with Gasteiger partial charge in [-0.2, -0.15) is 0 Å². The Kier molecular flexibility index (Phi) is 4.97. The summed E-state index contributed by atoms with van der Waals surface area (Å²) in [4.78, 5) is 2.63. The molecule has 1 atom stereocenters. The van der Waals surface area contributed by atoms with E-state index in [1.54, 1.807) is 5.56 Å². The van der Waals surface area contributed by atoms with E-state index in [2.05, 4.69) is 48.3 Å². The number of benzene rings is 1. The molecule has 1 saturated heterocycles. The molecule has 0 radical (unpaired) electrons. The highest BCUT2D eigenvalue weighted by Crippen LogP contribution is 2.40. The highest BCUT2D eigenvalue weighted by atomic mass is 15.2. The van der Waals surface area contributed by atoms with Gasteiger partial charge in [-0.05, 0) is 63.1 Å². The lowest BCUT2D eigenvalue weighted by atomic mass is 10.0. The van der Waals surface area contributed by atoms with Crippen LogP contribution >= 0.6 is 0 Å². The van der Waals surface area contributed by atoms with Gasteiger partial charge in [0, 0.05) is 25.2 Å². The third-order valence-corrected chi connectivity index (χ3v) is 4.98. The highest BCUT2D eigenvalue weighted by Gasteiger charge is 2.24. The minimum atomic E-state index is 0.610. The summed E-state index contributed by atoms with van der Waals surface area (Å²) in [6.07, 6.45) is 6.86. The van der Waals surface area contributed by atoms with Crippen LogP contribution in [0.5, 0.6) is 0 Å². The van der Waals surface area contributed by atoms with Crippen LogP contribution in [0.2, 0.25) is 0 Å². The van der Waals surface area contributed by atoms with Crippen molar-refractivity contribution >= 4 is 0 Å². The first kappa shape index (κ1) is 15.1. The van der Waals surface area contributed by atoms with Crippen molar-refractivity contribution in [2.45, 2.75) is 70.5 Å². The summed E-state index contributed by atoms with van der Waals surface area (Å²) in [7, 11) is 0. The number of nitrogens with zero attached hydrogens (tertiary/aromatic N) is 1. The monoisotopic (exact) mass is 286 g/mol. The molecule has 116 valence electrons. The Hall–Kier alpha value is -0.860. The first-order chi connectivity index (χ1) is 10.2. The molecule has 0 bridgehead atoms. The molecule has 2 nitrogen and oxygen atoms in total. The number of hydrogen-bond acceptors (Lipinski definition) is 2. The van der Waals surface area contributed by atoms with Crippen LogP contribution in [0.3, 0.4) is 0 Å². The second kappa shape index (κ2) is 6.93. The van der Waals surface area contributed by atoms with E-state index in [1.807, 2.05) is 0 Å². The van der Waals surface area contributed by atoms with E-state index in [-0.39, 0.29) is 0 Å². The Morgan fingerprint density at radius 2 is 2.05 bits per heavy atom. The molecule has 2 fully saturated rings. The lowest BCUT2D eigenvalue weighted by Crippen LogP contribution is -2.45. The maximum Gasteiger partial charge on any atom is 0.0237 e. The van der Waals surface area contributed by atoms with Crippen LogP contribution in [-0.4, -0.2) is 30.1 Å². The SMILES string of the molecule is CC(C)N(Cc1cccc(C2CC2)c1)CC1CCCCN1. The van der Waals surface area contributed by atoms with E-state index in [0.29, 0.717) is 12.1 Å². The predicted octanol–water partition coefficient (Wildman–Crippen LogP) is 3.92. The lowest BCUT2D eigenvalue weighted by molar-refractivity contribution is 0.177. The number of piperidine rings is 1. The van der Waals surface area contributed by atoms with Gasteiger partial charge < -0.3 is 5.32 Å². The van der Waals surface area contributed by atoms with Gasteiger partial charge in [-0.15, -0.1) is 0 Å². The smallest absolute Gasteiger partial charge is 0.0237 e. The average Bonchev–Trinajstić information content (AvgIpc) is 3.32. The molecule has 1 N–H and O–H groups in total. The Balaban J connectivity index is 1.62. The van der Waals surface area contributed by atoms with Gasteiger partial charge >= 0.3 is 0 Å². The van der Waals surface area contributed by atoms with Gasteiger partial charge in [-0.25, -0.2) is 0 Å². The van der Waals surface area contributed by atoms with Crippen molar-refractivity contribution < 1.29 is 0 Å². The summed E-state index contributed by atoms with van der Waals surface area (Å²) >= 11 is 0. The fraction of sp³-hybridized carbons (Fsp3) is 0.684. The Morgan fingerprint density at radius 3 is 2.71 bits per heavy atom. The van der Waals surface area contributed by atoms with Crippen molar-refractivity contribution in [3.05, 3.63) is 35.4 Å². The summed E-state index contributed by atoms with van der Waals surface area (Å²) < 4.78 is 0. The summed E-state index contributed by atoms with van der Waals surface area (Å²) in [6, 6.07) is 10.6. The lowest BCUT2D eigenvalue weighted by Gasteiger charge is -2.33. The highest BCUT2D eigenvalue weighted by molar-refractivity contribution is 5.29. The third kappa shape index (κ3) is 4.31. The quantitative estimate of drug-likeness (QED) is 0.853. The van der Waals surface area contributed by atoms with Gasteiger partial charge in [-0.3, -0.25) is 4.90 Å². The molecule has 1 aliphatic heterocycles. The molecule has 1 aromatic carbocycles. The molecule has 1 unspecified atom stereocenters. The van der Waals surface area contributed by atoms with Crippen LogP contribution in [0, 0.1) is 0 Å². The fourth-order valence-corrected chi connectivity index (χ4v) is 3.42. The van der Waals surface area contributed by atoms with Crippen LogP contribution < -0.4 is 5.32 Å². The molecule has 2 aliphatic rings. The summed E-state index contributed by atoms with van der Waals surface area (Å²) in [5.41, 5.74) is 3.05. The Morgan fingerprint density at radius 1 is 1.19 bits per heavy atom. The van der Waals surface area contributed by atoms with Gasteiger partial charge in [0.25, 0.3) is 0 Å². The van der Waals surface area contributed by atoms with E-state index in [9.17, 15) is 0 Å². The molecule has 1 heterocycles. The third-order valence-electron chi connectivity index (χ3n) is 4.98. The molecule has 0 spiro atoms. The maximum absolute atomic E-state index is 3.69. The van der Waals surface area contributed by atoms with E-state index in [1.165, 1.54) is 50.8 Å². The summed E-state index contributed by atoms with van der Waals surface area (Å²) in [5.74, 6) is 0.859. The van der Waals surface area contributed by atoms with Crippen molar-refractivity contribution in [1.82, 2.24) is 10.2 Å². The molecule has 1 saturated carbocycles. The number of hydrogen-bond donors (Lipinski definition) is 1. The molecular weight excluding hydrogens is 256 g/mol. The van der Waals surface area contributed by atoms with Gasteiger partial charge in [-0.1, -0.05) is 30.7 Å². The molecule has 0 amide bonds. The van der Waals surface area contributed by atoms with Crippen LogP contribution in [0.1, 0.15) is 63.0 Å². The Bertz CT molecular complexity index is 445. The van der Waals surface area contributed by atoms with Crippen LogP contribution in [0.25, 0.3) is 0 Å². The van der Waals surface area contributed by atoms with Crippen LogP contribution in [-0.2, 0) is 6.54 Å². The van der Waals surface area contributed by atoms with E-state index in [4.69, 9.17) is 0 Å². The number of nitrogens with one attached hydrogen (secondary N) is 1. The second-order valence-electron chi connectivity index (χ2n) is 7.19. The number of rotatable bonds is 6. The zero-order chi connectivity index (χ0) is 14.7. The van der Waals surface area contributed by atoms with Crippen LogP contribution in [0.4, 0.5) is 0 Å². The van der Waals surface area contributed by atoms with Gasteiger partial charge in [0.15, 0.2) is 0 Å². The van der Waals surface area contributed by atoms with Crippen molar-refractivity contribution in [3.8, 4) is 0 Å². The molecule has 1 aliphatic carbocycles. The van der Waals surface area contributed by atoms with Gasteiger partial charge in [0.1, 0.15) is 0 Å². The summed E-state index contributed by atoms with van der Waals surface area (Å²) in [5, 5.41) is 3.69. The molecular formula is C19H30N2. The van der Waals surface area contributed by atoms with Crippen LogP contribution in [0.15, 0.2) is 24.3 Å². The van der Waals surface area contributed by atoms with Gasteiger partial charge in [0.05, 0.1) is 0 Å². The standard InChI is InChI=1S/C19H30N2/c1-15(2)21(14-19-8-3-4-11-20-19)13-16-6-5-7-18(12-16)17-9-10-17/h5-7,12,15,17,19-20H,3-4,8-11,13-14H2,1-2H3. The first-order valence-electron chi connectivity index (χ1n) is 8.78. The fourth-order valence-electron chi connectivity index (χ4n) is 3.42. The summed E-state index contributed by atoms with van der Waals surface area (Å²) in [6.45, 7) is 8.14. The normalized spacial score (nSPS) is 23.0.